The first-order valence-electron chi connectivity index (χ1n) is 7.13. The Morgan fingerprint density at radius 1 is 1.40 bits per heavy atom. The summed E-state index contributed by atoms with van der Waals surface area (Å²) in [7, 11) is 2.11. The van der Waals surface area contributed by atoms with E-state index in [-0.39, 0.29) is 0 Å². The molecule has 4 heteroatoms. The van der Waals surface area contributed by atoms with Gasteiger partial charge in [0.15, 0.2) is 0 Å². The van der Waals surface area contributed by atoms with Crippen LogP contribution in [0.15, 0.2) is 35.2 Å². The van der Waals surface area contributed by atoms with Crippen molar-refractivity contribution in [3.63, 3.8) is 0 Å². The number of nitrogens with zero attached hydrogens (tertiary/aromatic N) is 2. The van der Waals surface area contributed by atoms with E-state index in [2.05, 4.69) is 59.0 Å². The first kappa shape index (κ1) is 15.0. The lowest BCUT2D eigenvalue weighted by Crippen LogP contribution is -2.24. The molecule has 0 bridgehead atoms. The van der Waals surface area contributed by atoms with Gasteiger partial charge in [-0.05, 0) is 48.3 Å². The van der Waals surface area contributed by atoms with E-state index in [0.29, 0.717) is 6.04 Å². The van der Waals surface area contributed by atoms with Crippen molar-refractivity contribution in [2.24, 2.45) is 0 Å². The number of rotatable bonds is 7. The van der Waals surface area contributed by atoms with Crippen LogP contribution in [0.25, 0.3) is 0 Å². The highest BCUT2D eigenvalue weighted by atomic mass is 32.1. The van der Waals surface area contributed by atoms with Gasteiger partial charge in [0.25, 0.3) is 0 Å². The van der Waals surface area contributed by atoms with Gasteiger partial charge in [0.1, 0.15) is 5.82 Å². The second-order valence-corrected chi connectivity index (χ2v) is 5.86. The lowest BCUT2D eigenvalue weighted by molar-refractivity contribution is 0.568. The number of pyridine rings is 1. The van der Waals surface area contributed by atoms with E-state index in [0.717, 1.165) is 25.3 Å². The molecule has 0 radical (unpaired) electrons. The molecule has 0 aromatic carbocycles. The Bertz CT molecular complexity index is 510. The third-order valence-electron chi connectivity index (χ3n) is 3.35. The summed E-state index contributed by atoms with van der Waals surface area (Å²) in [6.07, 6.45) is 3.01. The maximum atomic E-state index is 4.58. The summed E-state index contributed by atoms with van der Waals surface area (Å²) < 4.78 is 0. The van der Waals surface area contributed by atoms with Crippen molar-refractivity contribution in [3.8, 4) is 0 Å². The zero-order valence-electron chi connectivity index (χ0n) is 12.5. The van der Waals surface area contributed by atoms with Gasteiger partial charge in [-0.1, -0.05) is 13.0 Å². The Labute approximate surface area is 125 Å². The first-order chi connectivity index (χ1) is 9.72. The van der Waals surface area contributed by atoms with Crippen molar-refractivity contribution in [1.82, 2.24) is 10.3 Å². The molecule has 2 aromatic rings. The number of aromatic nitrogens is 1. The minimum absolute atomic E-state index is 0.323. The van der Waals surface area contributed by atoms with Gasteiger partial charge in [0, 0.05) is 31.4 Å². The normalized spacial score (nSPS) is 12.3. The molecule has 3 nitrogen and oxygen atoms in total. The number of nitrogens with one attached hydrogen (secondary N) is 1. The number of anilines is 1. The third kappa shape index (κ3) is 3.81. The Balaban J connectivity index is 2.14. The minimum Gasteiger partial charge on any atom is -0.355 e. The Morgan fingerprint density at radius 2 is 2.25 bits per heavy atom. The van der Waals surface area contributed by atoms with Crippen LogP contribution in [-0.4, -0.2) is 18.6 Å². The summed E-state index contributed by atoms with van der Waals surface area (Å²) in [4.78, 5) is 6.80. The molecule has 20 heavy (non-hydrogen) atoms. The second-order valence-electron chi connectivity index (χ2n) is 5.08. The molecule has 1 atom stereocenters. The molecule has 2 heterocycles. The van der Waals surface area contributed by atoms with Crippen molar-refractivity contribution in [2.75, 3.05) is 18.5 Å². The monoisotopic (exact) mass is 289 g/mol. The molecule has 1 N–H and O–H groups in total. The van der Waals surface area contributed by atoms with Crippen LogP contribution >= 0.6 is 11.3 Å². The Hall–Kier alpha value is -1.39. The van der Waals surface area contributed by atoms with E-state index < -0.39 is 0 Å². The molecule has 0 aliphatic carbocycles. The Morgan fingerprint density at radius 3 is 2.95 bits per heavy atom. The topological polar surface area (TPSA) is 28.2 Å². The number of thiophene rings is 1. The highest BCUT2D eigenvalue weighted by molar-refractivity contribution is 7.07. The van der Waals surface area contributed by atoms with E-state index >= 15 is 0 Å². The van der Waals surface area contributed by atoms with Gasteiger partial charge < -0.3 is 10.2 Å². The first-order valence-corrected chi connectivity index (χ1v) is 8.07. The summed E-state index contributed by atoms with van der Waals surface area (Å²) in [6.45, 7) is 6.32. The summed E-state index contributed by atoms with van der Waals surface area (Å²) in [5, 5.41) is 7.85. The molecule has 108 valence electrons. The summed E-state index contributed by atoms with van der Waals surface area (Å²) in [5.74, 6) is 1.06. The molecule has 1 unspecified atom stereocenters. The largest absolute Gasteiger partial charge is 0.355 e. The van der Waals surface area contributed by atoms with E-state index in [9.17, 15) is 0 Å². The van der Waals surface area contributed by atoms with Gasteiger partial charge in [0.05, 0.1) is 0 Å². The van der Waals surface area contributed by atoms with Gasteiger partial charge in [-0.2, -0.15) is 11.3 Å². The highest BCUT2D eigenvalue weighted by Crippen LogP contribution is 2.24. The molecule has 0 spiro atoms. The van der Waals surface area contributed by atoms with Crippen LogP contribution in [0.4, 0.5) is 5.82 Å². The van der Waals surface area contributed by atoms with Crippen molar-refractivity contribution in [1.29, 1.82) is 0 Å². The molecule has 0 amide bonds. The molecule has 0 aliphatic heterocycles. The predicted molar refractivity (Wildman–Crippen MR) is 87.4 cm³/mol. The molecule has 0 saturated carbocycles. The molecule has 2 aromatic heterocycles. The van der Waals surface area contributed by atoms with Crippen molar-refractivity contribution < 1.29 is 0 Å². The van der Waals surface area contributed by atoms with Gasteiger partial charge in [-0.3, -0.25) is 0 Å². The lowest BCUT2D eigenvalue weighted by Gasteiger charge is -2.24. The van der Waals surface area contributed by atoms with Crippen LogP contribution < -0.4 is 10.2 Å². The van der Waals surface area contributed by atoms with Gasteiger partial charge in [-0.15, -0.1) is 0 Å². The summed E-state index contributed by atoms with van der Waals surface area (Å²) in [5.41, 5.74) is 2.60. The van der Waals surface area contributed by atoms with Crippen LogP contribution in [0, 0.1) is 0 Å². The fourth-order valence-corrected chi connectivity index (χ4v) is 2.93. The molecule has 0 fully saturated rings. The summed E-state index contributed by atoms with van der Waals surface area (Å²) in [6, 6.07) is 6.67. The van der Waals surface area contributed by atoms with Crippen molar-refractivity contribution in [2.45, 2.75) is 32.9 Å². The molecule has 0 saturated heterocycles. The van der Waals surface area contributed by atoms with Gasteiger partial charge in [-0.25, -0.2) is 4.98 Å². The fraction of sp³-hybridized carbons (Fsp3) is 0.438. The highest BCUT2D eigenvalue weighted by Gasteiger charge is 2.14. The van der Waals surface area contributed by atoms with Crippen molar-refractivity contribution in [3.05, 3.63) is 46.3 Å². The Kier molecular flexibility index (Phi) is 5.56. The predicted octanol–water partition coefficient (Wildman–Crippen LogP) is 3.84. The quantitative estimate of drug-likeness (QED) is 0.839. The van der Waals surface area contributed by atoms with Crippen LogP contribution in [0.1, 0.15) is 37.4 Å². The molecular weight excluding hydrogens is 266 g/mol. The van der Waals surface area contributed by atoms with Crippen LogP contribution in [0.3, 0.4) is 0 Å². The smallest absolute Gasteiger partial charge is 0.133 e. The maximum Gasteiger partial charge on any atom is 0.133 e. The number of hydrogen-bond donors (Lipinski definition) is 1. The molecule has 0 aliphatic rings. The second kappa shape index (κ2) is 7.41. The lowest BCUT2D eigenvalue weighted by atomic mass is 10.1. The van der Waals surface area contributed by atoms with E-state index in [1.165, 1.54) is 11.1 Å². The van der Waals surface area contributed by atoms with Crippen molar-refractivity contribution >= 4 is 17.2 Å². The maximum absolute atomic E-state index is 4.58. The van der Waals surface area contributed by atoms with Crippen LogP contribution in [-0.2, 0) is 6.54 Å². The SMILES string of the molecule is CCCNC(C)c1cccnc1N(C)Cc1ccsc1. The average molecular weight is 289 g/mol. The van der Waals surface area contributed by atoms with Crippen LogP contribution in [0.2, 0.25) is 0 Å². The fourth-order valence-electron chi connectivity index (χ4n) is 2.27. The van der Waals surface area contributed by atoms with E-state index in [1.54, 1.807) is 11.3 Å². The van der Waals surface area contributed by atoms with E-state index in [4.69, 9.17) is 0 Å². The average Bonchev–Trinajstić information content (AvgIpc) is 2.97. The minimum atomic E-state index is 0.323. The zero-order valence-corrected chi connectivity index (χ0v) is 13.3. The van der Waals surface area contributed by atoms with E-state index in [1.807, 2.05) is 12.3 Å². The molecular formula is C16H23N3S. The van der Waals surface area contributed by atoms with Gasteiger partial charge >= 0.3 is 0 Å². The number of hydrogen-bond acceptors (Lipinski definition) is 4. The standard InChI is InChI=1S/C16H23N3S/c1-4-8-17-13(2)15-6-5-9-18-16(15)19(3)11-14-7-10-20-12-14/h5-7,9-10,12-13,17H,4,8,11H2,1-3H3. The summed E-state index contributed by atoms with van der Waals surface area (Å²) >= 11 is 1.74. The molecule has 2 rings (SSSR count). The zero-order chi connectivity index (χ0) is 14.4. The van der Waals surface area contributed by atoms with Gasteiger partial charge in [0.2, 0.25) is 0 Å². The third-order valence-corrected chi connectivity index (χ3v) is 4.08. The van der Waals surface area contributed by atoms with Crippen LogP contribution in [0.5, 0.6) is 0 Å².